The second kappa shape index (κ2) is 7.88. The Morgan fingerprint density at radius 1 is 1.21 bits per heavy atom. The number of ether oxygens (including phenoxy) is 1. The van der Waals surface area contributed by atoms with Gasteiger partial charge in [-0.3, -0.25) is 4.31 Å². The van der Waals surface area contributed by atoms with Crippen LogP contribution in [0.5, 0.6) is 5.75 Å². The summed E-state index contributed by atoms with van der Waals surface area (Å²) in [4.78, 5) is 2.25. The van der Waals surface area contributed by atoms with Crippen molar-refractivity contribution in [2.45, 2.75) is 31.3 Å². The first-order valence-electron chi connectivity index (χ1n) is 10.1. The smallest absolute Gasteiger partial charge is 0.232 e. The number of benzene rings is 2. The summed E-state index contributed by atoms with van der Waals surface area (Å²) in [6.07, 6.45) is 4.13. The molecule has 2 aromatic carbocycles. The third-order valence-electron chi connectivity index (χ3n) is 6.10. The molecule has 0 amide bonds. The predicted octanol–water partition coefficient (Wildman–Crippen LogP) is 2.95. The second-order valence-electron chi connectivity index (χ2n) is 7.90. The van der Waals surface area contributed by atoms with Gasteiger partial charge in [-0.1, -0.05) is 30.3 Å². The van der Waals surface area contributed by atoms with E-state index in [9.17, 15) is 8.42 Å². The van der Waals surface area contributed by atoms with Crippen LogP contribution in [0.3, 0.4) is 0 Å². The number of methoxy groups -OCH3 is 1. The van der Waals surface area contributed by atoms with Crippen molar-refractivity contribution >= 4 is 21.4 Å². The number of fused-ring (bicyclic) bond motifs is 1. The van der Waals surface area contributed by atoms with Gasteiger partial charge in [0.05, 0.1) is 30.8 Å². The molecule has 1 fully saturated rings. The summed E-state index contributed by atoms with van der Waals surface area (Å²) < 4.78 is 31.7. The fourth-order valence-corrected chi connectivity index (χ4v) is 5.58. The molecule has 29 heavy (non-hydrogen) atoms. The Balaban J connectivity index is 1.73. The molecule has 156 valence electrons. The molecule has 4 rings (SSSR count). The summed E-state index contributed by atoms with van der Waals surface area (Å²) in [6.45, 7) is 1.48. The van der Waals surface area contributed by atoms with Crippen molar-refractivity contribution in [3.8, 4) is 5.75 Å². The van der Waals surface area contributed by atoms with Gasteiger partial charge in [0.2, 0.25) is 10.0 Å². The van der Waals surface area contributed by atoms with Crippen molar-refractivity contribution < 1.29 is 13.2 Å². The predicted molar refractivity (Wildman–Crippen MR) is 117 cm³/mol. The topological polar surface area (TPSA) is 61.9 Å². The van der Waals surface area contributed by atoms with Crippen LogP contribution in [0.15, 0.2) is 42.5 Å². The summed E-state index contributed by atoms with van der Waals surface area (Å²) in [5.41, 5.74) is 3.99. The molecule has 2 heterocycles. The molecule has 1 saturated heterocycles. The Bertz CT molecular complexity index is 978. The van der Waals surface area contributed by atoms with Crippen molar-refractivity contribution in [2.75, 3.05) is 42.7 Å². The molecule has 0 aliphatic carbocycles. The molecule has 7 heteroatoms. The van der Waals surface area contributed by atoms with E-state index in [1.54, 1.807) is 7.11 Å². The molecular formula is C22H29N3O3S. The standard InChI is InChI=1S/C22H29N3O3S/c1-24(18-10-7-12-23-22(18)16-8-5-4-6-9-16)20-15-19-17(14-21(20)28-2)11-13-25(19)29(3,26)27/h4-6,8-9,14-15,18,22-23H,7,10-13H2,1-3H3/t18-,22-/m1/s1. The van der Waals surface area contributed by atoms with Gasteiger partial charge in [0.25, 0.3) is 0 Å². The van der Waals surface area contributed by atoms with Gasteiger partial charge in [0, 0.05) is 19.6 Å². The van der Waals surface area contributed by atoms with Gasteiger partial charge >= 0.3 is 0 Å². The first kappa shape index (κ1) is 20.0. The number of anilines is 2. The van der Waals surface area contributed by atoms with Crippen LogP contribution in [-0.4, -0.2) is 48.0 Å². The molecule has 2 aliphatic heterocycles. The van der Waals surface area contributed by atoms with Gasteiger partial charge in [-0.05, 0) is 49.1 Å². The van der Waals surface area contributed by atoms with Crippen LogP contribution in [0.2, 0.25) is 0 Å². The zero-order valence-corrected chi connectivity index (χ0v) is 18.1. The van der Waals surface area contributed by atoms with E-state index in [4.69, 9.17) is 4.74 Å². The van der Waals surface area contributed by atoms with E-state index in [1.165, 1.54) is 16.1 Å². The molecule has 2 atom stereocenters. The van der Waals surface area contributed by atoms with Gasteiger partial charge in [0.1, 0.15) is 5.75 Å². The maximum atomic E-state index is 12.2. The number of nitrogens with one attached hydrogen (secondary N) is 1. The maximum absolute atomic E-state index is 12.2. The van der Waals surface area contributed by atoms with E-state index in [-0.39, 0.29) is 12.1 Å². The average Bonchev–Trinajstić information content (AvgIpc) is 3.16. The van der Waals surface area contributed by atoms with Crippen LogP contribution in [-0.2, 0) is 16.4 Å². The minimum Gasteiger partial charge on any atom is -0.495 e. The molecule has 0 aromatic heterocycles. The van der Waals surface area contributed by atoms with E-state index in [0.717, 1.165) is 42.1 Å². The molecule has 2 aromatic rings. The molecule has 0 bridgehead atoms. The number of likely N-dealkylation sites (N-methyl/N-ethyl adjacent to an activating group) is 1. The molecule has 0 spiro atoms. The van der Waals surface area contributed by atoms with Crippen molar-refractivity contribution in [2.24, 2.45) is 0 Å². The highest BCUT2D eigenvalue weighted by Crippen LogP contribution is 2.42. The number of piperidine rings is 1. The zero-order chi connectivity index (χ0) is 20.6. The van der Waals surface area contributed by atoms with Crippen LogP contribution >= 0.6 is 0 Å². The lowest BCUT2D eigenvalue weighted by Crippen LogP contribution is -2.47. The van der Waals surface area contributed by atoms with Crippen LogP contribution in [0.4, 0.5) is 11.4 Å². The Kier molecular flexibility index (Phi) is 5.44. The third-order valence-corrected chi connectivity index (χ3v) is 7.28. The minimum absolute atomic E-state index is 0.207. The first-order valence-corrected chi connectivity index (χ1v) is 11.9. The van der Waals surface area contributed by atoms with Crippen molar-refractivity contribution in [1.29, 1.82) is 0 Å². The van der Waals surface area contributed by atoms with Crippen molar-refractivity contribution in [1.82, 2.24) is 5.32 Å². The third kappa shape index (κ3) is 3.81. The molecule has 6 nitrogen and oxygen atoms in total. The van der Waals surface area contributed by atoms with Crippen molar-refractivity contribution in [3.63, 3.8) is 0 Å². The summed E-state index contributed by atoms with van der Waals surface area (Å²) >= 11 is 0. The highest BCUT2D eigenvalue weighted by Gasteiger charge is 2.33. The highest BCUT2D eigenvalue weighted by atomic mass is 32.2. The largest absolute Gasteiger partial charge is 0.495 e. The monoisotopic (exact) mass is 415 g/mol. The molecule has 2 aliphatic rings. The SMILES string of the molecule is COc1cc2c(cc1N(C)[C@@H]1CCCN[C@@H]1c1ccccc1)N(S(C)(=O)=O)CC2. The Morgan fingerprint density at radius 2 is 1.97 bits per heavy atom. The Hall–Kier alpha value is -2.25. The highest BCUT2D eigenvalue weighted by molar-refractivity contribution is 7.92. The first-order chi connectivity index (χ1) is 13.9. The normalized spacial score (nSPS) is 21.7. The number of hydrogen-bond acceptors (Lipinski definition) is 5. The van der Waals surface area contributed by atoms with Crippen molar-refractivity contribution in [3.05, 3.63) is 53.6 Å². The van der Waals surface area contributed by atoms with Crippen LogP contribution in [0.1, 0.15) is 30.0 Å². The van der Waals surface area contributed by atoms with Gasteiger partial charge in [-0.2, -0.15) is 0 Å². The number of hydrogen-bond donors (Lipinski definition) is 1. The molecule has 0 unspecified atom stereocenters. The lowest BCUT2D eigenvalue weighted by atomic mass is 9.91. The summed E-state index contributed by atoms with van der Waals surface area (Å²) in [7, 11) is 0.463. The molecule has 1 N–H and O–H groups in total. The van der Waals surface area contributed by atoms with E-state index >= 15 is 0 Å². The van der Waals surface area contributed by atoms with Crippen LogP contribution in [0, 0.1) is 0 Å². The fourth-order valence-electron chi connectivity index (χ4n) is 4.63. The Labute approximate surface area is 173 Å². The lowest BCUT2D eigenvalue weighted by molar-refractivity contribution is 0.344. The molecular weight excluding hydrogens is 386 g/mol. The molecule has 0 saturated carbocycles. The number of rotatable bonds is 5. The summed E-state index contributed by atoms with van der Waals surface area (Å²) in [5, 5.41) is 3.67. The van der Waals surface area contributed by atoms with E-state index in [0.29, 0.717) is 13.0 Å². The quantitative estimate of drug-likeness (QED) is 0.814. The lowest BCUT2D eigenvalue weighted by Gasteiger charge is -2.40. The average molecular weight is 416 g/mol. The van der Waals surface area contributed by atoms with Gasteiger partial charge in [0.15, 0.2) is 0 Å². The van der Waals surface area contributed by atoms with Gasteiger partial charge < -0.3 is 15.0 Å². The number of nitrogens with zero attached hydrogens (tertiary/aromatic N) is 2. The number of sulfonamides is 1. The van der Waals surface area contributed by atoms with Crippen LogP contribution < -0.4 is 19.3 Å². The van der Waals surface area contributed by atoms with E-state index in [1.807, 2.05) is 18.2 Å². The summed E-state index contributed by atoms with van der Waals surface area (Å²) in [5.74, 6) is 0.791. The van der Waals surface area contributed by atoms with Crippen LogP contribution in [0.25, 0.3) is 0 Å². The van der Waals surface area contributed by atoms with Gasteiger partial charge in [-0.15, -0.1) is 0 Å². The van der Waals surface area contributed by atoms with E-state index in [2.05, 4.69) is 41.5 Å². The second-order valence-corrected chi connectivity index (χ2v) is 9.81. The zero-order valence-electron chi connectivity index (χ0n) is 17.3. The van der Waals surface area contributed by atoms with E-state index < -0.39 is 10.0 Å². The fraction of sp³-hybridized carbons (Fsp3) is 0.455. The minimum atomic E-state index is -3.29. The maximum Gasteiger partial charge on any atom is 0.232 e. The summed E-state index contributed by atoms with van der Waals surface area (Å²) in [6, 6.07) is 14.9. The Morgan fingerprint density at radius 3 is 2.66 bits per heavy atom. The molecule has 0 radical (unpaired) electrons. The van der Waals surface area contributed by atoms with Gasteiger partial charge in [-0.25, -0.2) is 8.42 Å².